The normalized spacial score (nSPS) is 30.4. The van der Waals surface area contributed by atoms with Crippen LogP contribution in [0, 0.1) is 17.6 Å². The lowest BCUT2D eigenvalue weighted by Crippen LogP contribution is -2.25. The molecule has 4 unspecified atom stereocenters. The minimum Gasteiger partial charge on any atom is -0.378 e. The molecule has 1 aromatic carbocycles. The Morgan fingerprint density at radius 1 is 0.920 bits per heavy atom. The van der Waals surface area contributed by atoms with Gasteiger partial charge in [0.15, 0.2) is 11.6 Å². The molecule has 2 nitrogen and oxygen atoms in total. The molecule has 2 fully saturated rings. The van der Waals surface area contributed by atoms with Crippen LogP contribution in [0.2, 0.25) is 0 Å². The number of rotatable bonds is 5. The predicted octanol–water partition coefficient (Wildman–Crippen LogP) is 5.91. The van der Waals surface area contributed by atoms with Crippen molar-refractivity contribution in [1.82, 2.24) is 0 Å². The minimum absolute atomic E-state index is 0.0486. The average molecular weight is 352 g/mol. The summed E-state index contributed by atoms with van der Waals surface area (Å²) < 4.78 is 41.0. The van der Waals surface area contributed by atoms with E-state index in [1.54, 1.807) is 12.1 Å². The first-order chi connectivity index (χ1) is 12.1. The third-order valence-corrected chi connectivity index (χ3v) is 5.82. The number of benzene rings is 1. The van der Waals surface area contributed by atoms with E-state index in [0.29, 0.717) is 30.3 Å². The Bertz CT molecular complexity index is 559. The van der Waals surface area contributed by atoms with Gasteiger partial charge < -0.3 is 9.47 Å². The van der Waals surface area contributed by atoms with Crippen molar-refractivity contribution in [3.8, 4) is 0 Å². The zero-order chi connectivity index (χ0) is 17.8. The van der Waals surface area contributed by atoms with Crippen LogP contribution < -0.4 is 0 Å². The highest BCUT2D eigenvalue weighted by Crippen LogP contribution is 2.37. The van der Waals surface area contributed by atoms with Crippen LogP contribution in [0.3, 0.4) is 0 Å². The fraction of sp³-hybridized carbons (Fsp3) is 0.714. The zero-order valence-electron chi connectivity index (χ0n) is 15.4. The van der Waals surface area contributed by atoms with Crippen LogP contribution in [-0.2, 0) is 9.47 Å². The molecule has 0 N–H and O–H groups in total. The van der Waals surface area contributed by atoms with E-state index in [9.17, 15) is 8.78 Å². The van der Waals surface area contributed by atoms with Crippen LogP contribution in [0.5, 0.6) is 0 Å². The van der Waals surface area contributed by atoms with Crippen molar-refractivity contribution in [3.05, 3.63) is 34.9 Å². The van der Waals surface area contributed by atoms with E-state index in [-0.39, 0.29) is 18.1 Å². The van der Waals surface area contributed by atoms with E-state index in [1.165, 1.54) is 0 Å². The third-order valence-electron chi connectivity index (χ3n) is 5.82. The molecule has 140 valence electrons. The molecular formula is C21H30F2O2. The lowest BCUT2D eigenvalue weighted by atomic mass is 9.87. The van der Waals surface area contributed by atoms with E-state index in [0.717, 1.165) is 44.9 Å². The van der Waals surface area contributed by atoms with Gasteiger partial charge in [-0.1, -0.05) is 32.4 Å². The summed E-state index contributed by atoms with van der Waals surface area (Å²) in [5, 5.41) is 0. The Kier molecular flexibility index (Phi) is 6.45. The molecule has 0 aromatic heterocycles. The van der Waals surface area contributed by atoms with Gasteiger partial charge in [-0.15, -0.1) is 0 Å². The lowest BCUT2D eigenvalue weighted by Gasteiger charge is -2.31. The van der Waals surface area contributed by atoms with Crippen molar-refractivity contribution in [1.29, 1.82) is 0 Å². The Balaban J connectivity index is 1.69. The first kappa shape index (κ1) is 18.8. The fourth-order valence-electron chi connectivity index (χ4n) is 4.20. The van der Waals surface area contributed by atoms with Gasteiger partial charge in [0.05, 0.1) is 25.4 Å². The highest BCUT2D eigenvalue weighted by atomic mass is 19.2. The SMILES string of the molecule is CCCC1CCC(c2ccc(C3CCC(CC)OC3)c(F)c2F)OC1. The monoisotopic (exact) mass is 352 g/mol. The molecule has 0 radical (unpaired) electrons. The van der Waals surface area contributed by atoms with Crippen LogP contribution in [-0.4, -0.2) is 19.3 Å². The van der Waals surface area contributed by atoms with Crippen LogP contribution >= 0.6 is 0 Å². The molecule has 0 amide bonds. The van der Waals surface area contributed by atoms with E-state index in [2.05, 4.69) is 13.8 Å². The molecule has 25 heavy (non-hydrogen) atoms. The summed E-state index contributed by atoms with van der Waals surface area (Å²) in [6.07, 6.45) is 6.75. The molecule has 2 saturated heterocycles. The van der Waals surface area contributed by atoms with Crippen LogP contribution in [0.4, 0.5) is 8.78 Å². The third kappa shape index (κ3) is 4.22. The molecule has 0 aliphatic carbocycles. The second-order valence-corrected chi connectivity index (χ2v) is 7.56. The zero-order valence-corrected chi connectivity index (χ0v) is 15.4. The van der Waals surface area contributed by atoms with E-state index in [1.807, 2.05) is 0 Å². The summed E-state index contributed by atoms with van der Waals surface area (Å²) in [4.78, 5) is 0. The van der Waals surface area contributed by atoms with Gasteiger partial charge in [0.1, 0.15) is 0 Å². The minimum atomic E-state index is -0.728. The molecule has 2 aliphatic rings. The Labute approximate surface area is 149 Å². The summed E-state index contributed by atoms with van der Waals surface area (Å²) in [5.41, 5.74) is 0.829. The molecule has 0 bridgehead atoms. The smallest absolute Gasteiger partial charge is 0.164 e. The van der Waals surface area contributed by atoms with E-state index >= 15 is 0 Å². The van der Waals surface area contributed by atoms with Crippen LogP contribution in [0.25, 0.3) is 0 Å². The first-order valence-corrected chi connectivity index (χ1v) is 9.84. The molecule has 2 heterocycles. The Hall–Kier alpha value is -1.00. The maximum absolute atomic E-state index is 14.7. The maximum atomic E-state index is 14.7. The highest BCUT2D eigenvalue weighted by molar-refractivity contribution is 5.31. The second-order valence-electron chi connectivity index (χ2n) is 7.56. The topological polar surface area (TPSA) is 18.5 Å². The van der Waals surface area contributed by atoms with Crippen molar-refractivity contribution in [2.45, 2.75) is 76.9 Å². The Morgan fingerprint density at radius 2 is 1.68 bits per heavy atom. The van der Waals surface area contributed by atoms with Gasteiger partial charge in [-0.2, -0.15) is 0 Å². The van der Waals surface area contributed by atoms with E-state index < -0.39 is 11.6 Å². The van der Waals surface area contributed by atoms with Gasteiger partial charge in [-0.3, -0.25) is 0 Å². The van der Waals surface area contributed by atoms with Gasteiger partial charge >= 0.3 is 0 Å². The largest absolute Gasteiger partial charge is 0.378 e. The van der Waals surface area contributed by atoms with Crippen molar-refractivity contribution >= 4 is 0 Å². The van der Waals surface area contributed by atoms with E-state index in [4.69, 9.17) is 9.47 Å². The molecule has 0 spiro atoms. The van der Waals surface area contributed by atoms with Gasteiger partial charge in [-0.05, 0) is 50.0 Å². The van der Waals surface area contributed by atoms with Crippen LogP contribution in [0.1, 0.15) is 81.9 Å². The van der Waals surface area contributed by atoms with Crippen molar-refractivity contribution in [2.24, 2.45) is 5.92 Å². The average Bonchev–Trinajstić information content (AvgIpc) is 2.65. The van der Waals surface area contributed by atoms with Gasteiger partial charge in [0.2, 0.25) is 0 Å². The number of ether oxygens (including phenoxy) is 2. The van der Waals surface area contributed by atoms with Gasteiger partial charge in [-0.25, -0.2) is 8.78 Å². The van der Waals surface area contributed by atoms with Crippen molar-refractivity contribution < 1.29 is 18.3 Å². The molecule has 1 aromatic rings. The Morgan fingerprint density at radius 3 is 2.28 bits per heavy atom. The van der Waals surface area contributed by atoms with Crippen molar-refractivity contribution in [3.63, 3.8) is 0 Å². The molecule has 4 atom stereocenters. The van der Waals surface area contributed by atoms with Crippen molar-refractivity contribution in [2.75, 3.05) is 13.2 Å². The lowest BCUT2D eigenvalue weighted by molar-refractivity contribution is -0.0215. The molecular weight excluding hydrogens is 322 g/mol. The molecule has 3 rings (SSSR count). The predicted molar refractivity (Wildman–Crippen MR) is 94.7 cm³/mol. The second kappa shape index (κ2) is 8.59. The standard InChI is InChI=1S/C21H30F2O2/c1-3-5-14-6-11-19(25-12-14)18-10-9-17(20(22)21(18)23)15-7-8-16(4-2)24-13-15/h9-10,14-16,19H,3-8,11-13H2,1-2H3. The first-order valence-electron chi connectivity index (χ1n) is 9.84. The summed E-state index contributed by atoms with van der Waals surface area (Å²) >= 11 is 0. The quantitative estimate of drug-likeness (QED) is 0.656. The number of hydrogen-bond donors (Lipinski definition) is 0. The summed E-state index contributed by atoms with van der Waals surface area (Å²) in [6.45, 7) is 5.38. The summed E-state index contributed by atoms with van der Waals surface area (Å²) in [6, 6.07) is 3.47. The van der Waals surface area contributed by atoms with Gasteiger partial charge in [0.25, 0.3) is 0 Å². The summed E-state index contributed by atoms with van der Waals surface area (Å²) in [5.74, 6) is -0.929. The maximum Gasteiger partial charge on any atom is 0.164 e. The number of halogens is 2. The molecule has 4 heteroatoms. The summed E-state index contributed by atoms with van der Waals surface area (Å²) in [7, 11) is 0. The van der Waals surface area contributed by atoms with Gasteiger partial charge in [0, 0.05) is 11.5 Å². The highest BCUT2D eigenvalue weighted by Gasteiger charge is 2.29. The van der Waals surface area contributed by atoms with Crippen LogP contribution in [0.15, 0.2) is 12.1 Å². The number of hydrogen-bond acceptors (Lipinski definition) is 2. The fourth-order valence-corrected chi connectivity index (χ4v) is 4.20. The molecule has 0 saturated carbocycles. The molecule has 2 aliphatic heterocycles.